The average Bonchev–Trinajstić information content (AvgIpc) is 3.29. The van der Waals surface area contributed by atoms with Crippen molar-refractivity contribution in [3.8, 4) is 0 Å². The first-order valence-corrected chi connectivity index (χ1v) is 10.2. The number of anilines is 1. The van der Waals surface area contributed by atoms with Crippen molar-refractivity contribution in [2.24, 2.45) is 0 Å². The molecule has 1 N–H and O–H groups in total. The van der Waals surface area contributed by atoms with Crippen LogP contribution in [0.3, 0.4) is 0 Å². The number of amides is 1. The number of carbonyl (C=O) groups excluding carboxylic acids is 1. The molecule has 3 aromatic rings. The Kier molecular flexibility index (Phi) is 6.11. The van der Waals surface area contributed by atoms with Crippen molar-refractivity contribution in [1.82, 2.24) is 9.97 Å². The summed E-state index contributed by atoms with van der Waals surface area (Å²) in [5.41, 5.74) is 0.987. The van der Waals surface area contributed by atoms with Crippen molar-refractivity contribution >= 4 is 34.1 Å². The van der Waals surface area contributed by atoms with Crippen molar-refractivity contribution in [2.75, 3.05) is 5.32 Å². The maximum Gasteiger partial charge on any atom is 0.233 e. The van der Waals surface area contributed by atoms with Gasteiger partial charge in [0.1, 0.15) is 5.76 Å². The maximum absolute atomic E-state index is 12.4. The van der Waals surface area contributed by atoms with E-state index < -0.39 is 0 Å². The van der Waals surface area contributed by atoms with Gasteiger partial charge in [0.25, 0.3) is 0 Å². The van der Waals surface area contributed by atoms with Gasteiger partial charge in [0.05, 0.1) is 28.3 Å². The van der Waals surface area contributed by atoms with Gasteiger partial charge in [0.15, 0.2) is 5.13 Å². The van der Waals surface area contributed by atoms with Crippen molar-refractivity contribution in [3.05, 3.63) is 59.9 Å². The van der Waals surface area contributed by atoms with Gasteiger partial charge in [-0.05, 0) is 12.5 Å². The van der Waals surface area contributed by atoms with E-state index in [0.29, 0.717) is 22.7 Å². The van der Waals surface area contributed by atoms with E-state index in [-0.39, 0.29) is 11.8 Å². The van der Waals surface area contributed by atoms with Crippen LogP contribution in [0.1, 0.15) is 49.8 Å². The molecule has 0 radical (unpaired) electrons. The van der Waals surface area contributed by atoms with Crippen LogP contribution in [0.2, 0.25) is 0 Å². The van der Waals surface area contributed by atoms with Crippen LogP contribution in [-0.4, -0.2) is 15.9 Å². The van der Waals surface area contributed by atoms with Gasteiger partial charge in [-0.2, -0.15) is 0 Å². The lowest BCUT2D eigenvalue weighted by atomic mass is 10.0. The lowest BCUT2D eigenvalue weighted by molar-refractivity contribution is -0.117. The zero-order valence-corrected chi connectivity index (χ0v) is 16.6. The second kappa shape index (κ2) is 8.51. The van der Waals surface area contributed by atoms with Crippen LogP contribution < -0.4 is 5.32 Å². The zero-order chi connectivity index (χ0) is 18.5. The van der Waals surface area contributed by atoms with E-state index in [4.69, 9.17) is 4.42 Å². The van der Waals surface area contributed by atoms with E-state index in [1.807, 2.05) is 37.3 Å². The van der Waals surface area contributed by atoms with Gasteiger partial charge in [0, 0.05) is 5.92 Å². The molecule has 5 nitrogen and oxygen atoms in total. The van der Waals surface area contributed by atoms with Crippen LogP contribution in [0.15, 0.2) is 51.4 Å². The van der Waals surface area contributed by atoms with E-state index in [9.17, 15) is 4.79 Å². The first kappa shape index (κ1) is 18.7. The normalized spacial score (nSPS) is 12.3. The molecule has 0 aliphatic carbocycles. The number of nitrogens with zero attached hydrogens (tertiary/aromatic N) is 2. The molecule has 1 amide bonds. The smallest absolute Gasteiger partial charge is 0.233 e. The van der Waals surface area contributed by atoms with Gasteiger partial charge in [-0.15, -0.1) is 11.8 Å². The Morgan fingerprint density at radius 1 is 1.19 bits per heavy atom. The molecule has 0 saturated heterocycles. The van der Waals surface area contributed by atoms with Crippen LogP contribution in [0.5, 0.6) is 0 Å². The highest BCUT2D eigenvalue weighted by Crippen LogP contribution is 2.31. The number of rotatable bonds is 7. The fraction of sp³-hybridized carbons (Fsp3) is 0.316. The number of carbonyl (C=O) groups is 1. The number of aromatic nitrogens is 2. The maximum atomic E-state index is 12.4. The predicted molar refractivity (Wildman–Crippen MR) is 106 cm³/mol. The summed E-state index contributed by atoms with van der Waals surface area (Å²) in [6.07, 6.45) is 3.55. The second-order valence-electron chi connectivity index (χ2n) is 6.21. The molecular formula is C19H21N3O2S2. The van der Waals surface area contributed by atoms with Gasteiger partial charge < -0.3 is 9.73 Å². The van der Waals surface area contributed by atoms with E-state index in [2.05, 4.69) is 29.1 Å². The summed E-state index contributed by atoms with van der Waals surface area (Å²) in [6.45, 7) is 6.04. The predicted octanol–water partition coefficient (Wildman–Crippen LogP) is 5.29. The summed E-state index contributed by atoms with van der Waals surface area (Å²) < 4.78 is 6.71. The monoisotopic (exact) mass is 387 g/mol. The van der Waals surface area contributed by atoms with Gasteiger partial charge in [-0.1, -0.05) is 55.5 Å². The summed E-state index contributed by atoms with van der Waals surface area (Å²) in [7, 11) is 0. The van der Waals surface area contributed by atoms with Gasteiger partial charge in [-0.3, -0.25) is 4.79 Å². The number of benzene rings is 1. The Balaban J connectivity index is 1.55. The molecule has 1 aromatic carbocycles. The molecule has 0 saturated carbocycles. The number of hydrogen-bond acceptors (Lipinski definition) is 6. The molecular weight excluding hydrogens is 366 g/mol. The van der Waals surface area contributed by atoms with Crippen LogP contribution in [-0.2, 0) is 10.5 Å². The molecule has 0 aliphatic heterocycles. The highest BCUT2D eigenvalue weighted by atomic mass is 32.2. The van der Waals surface area contributed by atoms with E-state index in [1.54, 1.807) is 24.2 Å². The molecule has 0 spiro atoms. The fourth-order valence-electron chi connectivity index (χ4n) is 2.28. The molecule has 1 unspecified atom stereocenters. The number of thiazole rings is 1. The Morgan fingerprint density at radius 3 is 2.65 bits per heavy atom. The number of hydrogen-bond donors (Lipinski definition) is 1. The molecule has 2 heterocycles. The highest BCUT2D eigenvalue weighted by molar-refractivity contribution is 8.00. The number of oxazole rings is 1. The Morgan fingerprint density at radius 2 is 1.96 bits per heavy atom. The number of nitrogens with one attached hydrogen (secondary N) is 1. The van der Waals surface area contributed by atoms with Crippen molar-refractivity contribution < 1.29 is 9.21 Å². The molecule has 1 atom stereocenters. The summed E-state index contributed by atoms with van der Waals surface area (Å²) in [4.78, 5) is 21.0. The van der Waals surface area contributed by atoms with Crippen molar-refractivity contribution in [2.45, 2.75) is 42.6 Å². The summed E-state index contributed by atoms with van der Waals surface area (Å²) in [5.74, 6) is 2.29. The van der Waals surface area contributed by atoms with Crippen LogP contribution in [0.25, 0.3) is 0 Å². The molecule has 3 rings (SSSR count). The first-order chi connectivity index (χ1) is 12.5. The average molecular weight is 388 g/mol. The summed E-state index contributed by atoms with van der Waals surface area (Å²) in [6, 6.07) is 9.72. The second-order valence-corrected chi connectivity index (χ2v) is 8.51. The van der Waals surface area contributed by atoms with E-state index >= 15 is 0 Å². The minimum absolute atomic E-state index is 0.0589. The third-order valence-electron chi connectivity index (χ3n) is 3.89. The standard InChI is InChI=1S/C19H21N3O2S2/c1-12(2)15-9-20-16(24-15)11-25-17-10-21-19(26-17)22-18(23)13(3)14-7-5-4-6-8-14/h4-10,12-13H,11H2,1-3H3,(H,21,22,23). The lowest BCUT2D eigenvalue weighted by Crippen LogP contribution is -2.18. The van der Waals surface area contributed by atoms with Gasteiger partial charge in [0.2, 0.25) is 11.8 Å². The van der Waals surface area contributed by atoms with Crippen LogP contribution in [0.4, 0.5) is 5.13 Å². The van der Waals surface area contributed by atoms with Crippen LogP contribution >= 0.6 is 23.1 Å². The van der Waals surface area contributed by atoms with Gasteiger partial charge >= 0.3 is 0 Å². The van der Waals surface area contributed by atoms with Crippen molar-refractivity contribution in [1.29, 1.82) is 0 Å². The summed E-state index contributed by atoms with van der Waals surface area (Å²) >= 11 is 3.06. The summed E-state index contributed by atoms with van der Waals surface area (Å²) in [5, 5.41) is 3.50. The minimum atomic E-state index is -0.224. The topological polar surface area (TPSA) is 68.0 Å². The number of thioether (sulfide) groups is 1. The Hall–Kier alpha value is -2.12. The Bertz CT molecular complexity index is 859. The molecule has 0 fully saturated rings. The molecule has 26 heavy (non-hydrogen) atoms. The third-order valence-corrected chi connectivity index (χ3v) is 5.98. The zero-order valence-electron chi connectivity index (χ0n) is 14.9. The quantitative estimate of drug-likeness (QED) is 0.558. The van der Waals surface area contributed by atoms with E-state index in [1.165, 1.54) is 11.3 Å². The molecule has 0 bridgehead atoms. The first-order valence-electron chi connectivity index (χ1n) is 8.42. The van der Waals surface area contributed by atoms with Crippen LogP contribution in [0, 0.1) is 0 Å². The SMILES string of the molecule is CC(C)c1cnc(CSc2cnc(NC(=O)C(C)c3ccccc3)s2)o1. The molecule has 7 heteroatoms. The molecule has 2 aromatic heterocycles. The fourth-order valence-corrected chi connectivity index (χ4v) is 4.01. The third kappa shape index (κ3) is 4.74. The Labute approximate surface area is 161 Å². The highest BCUT2D eigenvalue weighted by Gasteiger charge is 2.16. The molecule has 136 valence electrons. The van der Waals surface area contributed by atoms with E-state index in [0.717, 1.165) is 15.5 Å². The largest absolute Gasteiger partial charge is 0.445 e. The van der Waals surface area contributed by atoms with Gasteiger partial charge in [-0.25, -0.2) is 9.97 Å². The molecule has 0 aliphatic rings. The lowest BCUT2D eigenvalue weighted by Gasteiger charge is -2.10. The van der Waals surface area contributed by atoms with Crippen molar-refractivity contribution in [3.63, 3.8) is 0 Å². The minimum Gasteiger partial charge on any atom is -0.445 e.